The lowest BCUT2D eigenvalue weighted by molar-refractivity contribution is -0.244. The molecule has 1 unspecified atom stereocenters. The van der Waals surface area contributed by atoms with Crippen LogP contribution in [0.5, 0.6) is 0 Å². The van der Waals surface area contributed by atoms with Crippen molar-refractivity contribution in [3.05, 3.63) is 10.4 Å². The highest BCUT2D eigenvalue weighted by Gasteiger charge is 2.52. The molecule has 0 radical (unpaired) electrons. The molecule has 8 nitrogen and oxygen atoms in total. The predicted octanol–water partition coefficient (Wildman–Crippen LogP) is -1.90. The van der Waals surface area contributed by atoms with E-state index in [1.807, 2.05) is 0 Å². The molecule has 80 valence electrons. The molecule has 14 heavy (non-hydrogen) atoms. The lowest BCUT2D eigenvalue weighted by atomic mass is 10.1. The Morgan fingerprint density at radius 2 is 2.14 bits per heavy atom. The number of ether oxygens (including phenoxy) is 1. The first-order valence-corrected chi connectivity index (χ1v) is 3.93. The first kappa shape index (κ1) is 11.2. The zero-order chi connectivity index (χ0) is 10.8. The van der Waals surface area contributed by atoms with Gasteiger partial charge in [0.05, 0.1) is 19.3 Å². The number of nitrogens with zero attached hydrogens (tertiary/aromatic N) is 3. The van der Waals surface area contributed by atoms with Gasteiger partial charge in [-0.05, 0) is 5.53 Å². The molecular weight excluding hydrogens is 194 g/mol. The Kier molecular flexibility index (Phi) is 3.27. The highest BCUT2D eigenvalue weighted by Crippen LogP contribution is 2.28. The molecule has 0 aromatic rings. The lowest BCUT2D eigenvalue weighted by Gasteiger charge is -2.22. The Balaban J connectivity index is 2.71. The SMILES string of the molecule is [N-]=[N+]=NC[C@@H]1OC(O)(CO)[C@@H](O)[C@@H]1O. The van der Waals surface area contributed by atoms with Crippen LogP contribution >= 0.6 is 0 Å². The van der Waals surface area contributed by atoms with Crippen molar-refractivity contribution >= 4 is 0 Å². The zero-order valence-corrected chi connectivity index (χ0v) is 7.19. The van der Waals surface area contributed by atoms with Crippen LogP contribution in [0.25, 0.3) is 10.4 Å². The normalized spacial score (nSPS) is 42.1. The number of hydrogen-bond acceptors (Lipinski definition) is 6. The van der Waals surface area contributed by atoms with Gasteiger partial charge in [0.1, 0.15) is 12.2 Å². The molecule has 0 saturated carbocycles. The second-order valence-electron chi connectivity index (χ2n) is 3.01. The second kappa shape index (κ2) is 4.09. The van der Waals surface area contributed by atoms with Crippen molar-refractivity contribution in [1.82, 2.24) is 0 Å². The van der Waals surface area contributed by atoms with Gasteiger partial charge in [0.15, 0.2) is 0 Å². The molecule has 1 aliphatic heterocycles. The third kappa shape index (κ3) is 1.80. The molecule has 1 fully saturated rings. The van der Waals surface area contributed by atoms with E-state index in [9.17, 15) is 15.3 Å². The molecule has 1 heterocycles. The minimum absolute atomic E-state index is 0.225. The molecule has 1 rings (SSSR count). The van der Waals surface area contributed by atoms with E-state index < -0.39 is 30.7 Å². The summed E-state index contributed by atoms with van der Waals surface area (Å²) in [4.78, 5) is 2.44. The fourth-order valence-corrected chi connectivity index (χ4v) is 1.26. The largest absolute Gasteiger partial charge is 0.391 e. The molecule has 1 saturated heterocycles. The number of hydrogen-bond donors (Lipinski definition) is 4. The van der Waals surface area contributed by atoms with Crippen LogP contribution < -0.4 is 0 Å². The van der Waals surface area contributed by atoms with Crippen molar-refractivity contribution in [1.29, 1.82) is 0 Å². The molecule has 0 spiro atoms. The van der Waals surface area contributed by atoms with E-state index in [4.69, 9.17) is 15.4 Å². The maximum absolute atomic E-state index is 9.39. The van der Waals surface area contributed by atoms with E-state index in [1.54, 1.807) is 0 Å². The molecular formula is C6H11N3O5. The monoisotopic (exact) mass is 205 g/mol. The molecule has 4 N–H and O–H groups in total. The van der Waals surface area contributed by atoms with Crippen LogP contribution in [0.1, 0.15) is 0 Å². The Morgan fingerprint density at radius 1 is 1.50 bits per heavy atom. The third-order valence-corrected chi connectivity index (χ3v) is 2.07. The molecule has 0 amide bonds. The van der Waals surface area contributed by atoms with Gasteiger partial charge in [-0.3, -0.25) is 0 Å². The van der Waals surface area contributed by atoms with Gasteiger partial charge in [-0.2, -0.15) is 0 Å². The van der Waals surface area contributed by atoms with Crippen LogP contribution in [-0.4, -0.2) is 57.7 Å². The molecule has 8 heteroatoms. The summed E-state index contributed by atoms with van der Waals surface area (Å²) in [7, 11) is 0. The van der Waals surface area contributed by atoms with E-state index in [-0.39, 0.29) is 6.54 Å². The summed E-state index contributed by atoms with van der Waals surface area (Å²) >= 11 is 0. The Hall–Kier alpha value is -0.890. The minimum Gasteiger partial charge on any atom is -0.391 e. The van der Waals surface area contributed by atoms with Gasteiger partial charge in [0, 0.05) is 4.91 Å². The van der Waals surface area contributed by atoms with Gasteiger partial charge in [0.2, 0.25) is 5.79 Å². The number of azide groups is 1. The molecule has 1 aliphatic rings. The molecule has 0 bridgehead atoms. The van der Waals surface area contributed by atoms with Gasteiger partial charge < -0.3 is 25.2 Å². The van der Waals surface area contributed by atoms with Crippen LogP contribution in [0.3, 0.4) is 0 Å². The van der Waals surface area contributed by atoms with Crippen LogP contribution in [0.15, 0.2) is 5.11 Å². The average Bonchev–Trinajstić information content (AvgIpc) is 2.41. The summed E-state index contributed by atoms with van der Waals surface area (Å²) in [6.45, 7) is -1.07. The number of aliphatic hydroxyl groups is 4. The molecule has 0 aliphatic carbocycles. The summed E-state index contributed by atoms with van der Waals surface area (Å²) in [6, 6.07) is 0. The van der Waals surface area contributed by atoms with E-state index in [2.05, 4.69) is 10.0 Å². The summed E-state index contributed by atoms with van der Waals surface area (Å²) in [6.07, 6.45) is -4.03. The quantitative estimate of drug-likeness (QED) is 0.242. The van der Waals surface area contributed by atoms with Crippen LogP contribution in [0.4, 0.5) is 0 Å². The standard InChI is InChI=1S/C6H11N3O5/c7-9-8-1-3-4(11)5(12)6(13,2-10)14-3/h3-5,10-13H,1-2H2/t3-,4+,5-,6?/m0/s1. The topological polar surface area (TPSA) is 139 Å². The Morgan fingerprint density at radius 3 is 2.57 bits per heavy atom. The van der Waals surface area contributed by atoms with E-state index in [1.165, 1.54) is 0 Å². The van der Waals surface area contributed by atoms with Gasteiger partial charge in [-0.1, -0.05) is 5.11 Å². The van der Waals surface area contributed by atoms with Crippen molar-refractivity contribution in [2.75, 3.05) is 13.2 Å². The van der Waals surface area contributed by atoms with Crippen LogP contribution in [-0.2, 0) is 4.74 Å². The van der Waals surface area contributed by atoms with Gasteiger partial charge >= 0.3 is 0 Å². The summed E-state index contributed by atoms with van der Waals surface area (Å²) in [5.74, 6) is -2.19. The maximum Gasteiger partial charge on any atom is 0.219 e. The van der Waals surface area contributed by atoms with Crippen LogP contribution in [0.2, 0.25) is 0 Å². The molecule has 0 aromatic heterocycles. The van der Waals surface area contributed by atoms with Crippen molar-refractivity contribution in [3.8, 4) is 0 Å². The van der Waals surface area contributed by atoms with Crippen molar-refractivity contribution in [3.63, 3.8) is 0 Å². The fourth-order valence-electron chi connectivity index (χ4n) is 1.26. The average molecular weight is 205 g/mol. The second-order valence-corrected chi connectivity index (χ2v) is 3.01. The molecule has 0 aromatic carbocycles. The number of aliphatic hydroxyl groups excluding tert-OH is 3. The van der Waals surface area contributed by atoms with Gasteiger partial charge in [-0.15, -0.1) is 0 Å². The first-order valence-electron chi connectivity index (χ1n) is 3.93. The van der Waals surface area contributed by atoms with E-state index >= 15 is 0 Å². The van der Waals surface area contributed by atoms with E-state index in [0.29, 0.717) is 0 Å². The zero-order valence-electron chi connectivity index (χ0n) is 7.19. The van der Waals surface area contributed by atoms with Crippen LogP contribution in [0, 0.1) is 0 Å². The van der Waals surface area contributed by atoms with Gasteiger partial charge in [-0.25, -0.2) is 0 Å². The van der Waals surface area contributed by atoms with Crippen molar-refractivity contribution in [2.45, 2.75) is 24.1 Å². The molecule has 4 atom stereocenters. The summed E-state index contributed by atoms with van der Waals surface area (Å²) in [5.41, 5.74) is 8.01. The Labute approximate surface area is 79.0 Å². The van der Waals surface area contributed by atoms with Gasteiger partial charge in [0.25, 0.3) is 0 Å². The van der Waals surface area contributed by atoms with Crippen molar-refractivity contribution < 1.29 is 25.2 Å². The smallest absolute Gasteiger partial charge is 0.219 e. The highest BCUT2D eigenvalue weighted by molar-refractivity contribution is 4.95. The summed E-state index contributed by atoms with van der Waals surface area (Å²) in [5, 5.41) is 39.8. The van der Waals surface area contributed by atoms with Crippen molar-refractivity contribution in [2.24, 2.45) is 5.11 Å². The minimum atomic E-state index is -2.19. The Bertz CT molecular complexity index is 256. The predicted molar refractivity (Wildman–Crippen MR) is 42.9 cm³/mol. The number of rotatable bonds is 3. The van der Waals surface area contributed by atoms with E-state index in [0.717, 1.165) is 0 Å². The lowest BCUT2D eigenvalue weighted by Crippen LogP contribution is -2.46. The fraction of sp³-hybridized carbons (Fsp3) is 1.00. The third-order valence-electron chi connectivity index (χ3n) is 2.07. The maximum atomic E-state index is 9.39. The first-order chi connectivity index (χ1) is 6.55. The highest BCUT2D eigenvalue weighted by atomic mass is 16.7. The summed E-state index contributed by atoms with van der Waals surface area (Å²) < 4.78 is 4.77.